The molecule has 1 atom stereocenters. The van der Waals surface area contributed by atoms with Gasteiger partial charge in [0.15, 0.2) is 6.10 Å². The molecule has 10 heteroatoms. The van der Waals surface area contributed by atoms with E-state index in [-0.39, 0.29) is 5.56 Å². The molecule has 0 radical (unpaired) electrons. The molecule has 186 valence electrons. The molecule has 0 aromatic heterocycles. The van der Waals surface area contributed by atoms with E-state index in [4.69, 9.17) is 9.47 Å². The molecule has 4 nitrogen and oxygen atoms in total. The standard InChI is InChI=1S/C24H25F6NO3/c1-12-6-8-13(9-7-12)16-17(20(21(32)33-5)34-22(2,3)4)19(24(28,29)30)15-11-31-10-14(15)18(16)23(25,26)27/h6-9,20,31H,10-11H2,1-5H3/t20-/m0/s1. The summed E-state index contributed by atoms with van der Waals surface area (Å²) in [6.45, 7) is 5.33. The molecule has 0 bridgehead atoms. The SMILES string of the molecule is COC(=O)[C@@H](OC(C)(C)C)c1c(-c2ccc(C)cc2)c(C(F)(F)F)c2c(c1C(F)(F)F)CNC2. The van der Waals surface area contributed by atoms with Crippen molar-refractivity contribution >= 4 is 5.97 Å². The van der Waals surface area contributed by atoms with E-state index in [0.717, 1.165) is 7.11 Å². The van der Waals surface area contributed by atoms with Gasteiger partial charge in [-0.05, 0) is 44.4 Å². The van der Waals surface area contributed by atoms with E-state index in [2.05, 4.69) is 5.32 Å². The number of ether oxygens (including phenoxy) is 2. The van der Waals surface area contributed by atoms with Crippen molar-refractivity contribution in [2.24, 2.45) is 0 Å². The zero-order valence-corrected chi connectivity index (χ0v) is 19.3. The molecule has 2 aromatic rings. The topological polar surface area (TPSA) is 47.6 Å². The summed E-state index contributed by atoms with van der Waals surface area (Å²) in [5, 5.41) is 2.60. The van der Waals surface area contributed by atoms with E-state index >= 15 is 0 Å². The van der Waals surface area contributed by atoms with Gasteiger partial charge < -0.3 is 14.8 Å². The van der Waals surface area contributed by atoms with Gasteiger partial charge in [-0.1, -0.05) is 29.8 Å². The van der Waals surface area contributed by atoms with Gasteiger partial charge in [0, 0.05) is 24.2 Å². The maximum Gasteiger partial charge on any atom is 0.417 e. The summed E-state index contributed by atoms with van der Waals surface area (Å²) < 4.78 is 97.5. The number of alkyl halides is 6. The lowest BCUT2D eigenvalue weighted by atomic mass is 9.81. The third-order valence-corrected chi connectivity index (χ3v) is 5.42. The molecule has 1 aliphatic heterocycles. The number of esters is 1. The Balaban J connectivity index is 2.60. The number of aryl methyl sites for hydroxylation is 1. The summed E-state index contributed by atoms with van der Waals surface area (Å²) in [5.41, 5.74) is -5.78. The summed E-state index contributed by atoms with van der Waals surface area (Å²) in [7, 11) is 0.944. The molecule has 1 aliphatic rings. The molecule has 0 spiro atoms. The number of rotatable bonds is 4. The fourth-order valence-corrected chi connectivity index (χ4v) is 4.18. The van der Waals surface area contributed by atoms with Crippen LogP contribution in [-0.4, -0.2) is 18.7 Å². The number of methoxy groups -OCH3 is 1. The molecule has 3 rings (SSSR count). The molecular weight excluding hydrogens is 464 g/mol. The smallest absolute Gasteiger partial charge is 0.417 e. The number of hydrogen-bond donors (Lipinski definition) is 1. The molecule has 0 unspecified atom stereocenters. The Labute approximate surface area is 193 Å². The average molecular weight is 489 g/mol. The number of nitrogens with one attached hydrogen (secondary N) is 1. The lowest BCUT2D eigenvalue weighted by molar-refractivity contribution is -0.166. The zero-order chi connectivity index (χ0) is 25.6. The first-order valence-corrected chi connectivity index (χ1v) is 10.5. The highest BCUT2D eigenvalue weighted by atomic mass is 19.4. The number of carbonyl (C=O) groups excluding carboxylic acids is 1. The fourth-order valence-electron chi connectivity index (χ4n) is 4.18. The van der Waals surface area contributed by atoms with Gasteiger partial charge in [-0.3, -0.25) is 0 Å². The maximum atomic E-state index is 14.5. The van der Waals surface area contributed by atoms with Crippen LogP contribution in [0.4, 0.5) is 26.3 Å². The summed E-state index contributed by atoms with van der Waals surface area (Å²) in [6, 6.07) is 5.61. The lowest BCUT2D eigenvalue weighted by Gasteiger charge is -2.32. The van der Waals surface area contributed by atoms with Crippen molar-refractivity contribution in [1.29, 1.82) is 0 Å². The Hall–Kier alpha value is -2.59. The van der Waals surface area contributed by atoms with Crippen LogP contribution in [0, 0.1) is 6.92 Å². The van der Waals surface area contributed by atoms with Gasteiger partial charge in [0.05, 0.1) is 23.8 Å². The normalized spacial score (nSPS) is 15.3. The van der Waals surface area contributed by atoms with E-state index in [1.54, 1.807) is 6.92 Å². The second kappa shape index (κ2) is 8.88. The molecule has 34 heavy (non-hydrogen) atoms. The lowest BCUT2D eigenvalue weighted by Crippen LogP contribution is -2.32. The molecule has 1 heterocycles. The number of fused-ring (bicyclic) bond motifs is 1. The van der Waals surface area contributed by atoms with E-state index in [1.807, 2.05) is 0 Å². The van der Waals surface area contributed by atoms with Crippen molar-refractivity contribution in [3.8, 4) is 11.1 Å². The summed E-state index contributed by atoms with van der Waals surface area (Å²) in [6.07, 6.45) is -12.1. The van der Waals surface area contributed by atoms with Crippen LogP contribution in [-0.2, 0) is 39.7 Å². The fraction of sp³-hybridized carbons (Fsp3) is 0.458. The molecule has 1 N–H and O–H groups in total. The van der Waals surface area contributed by atoms with Crippen LogP contribution in [0.1, 0.15) is 60.3 Å². The van der Waals surface area contributed by atoms with Crippen LogP contribution in [0.2, 0.25) is 0 Å². The first kappa shape index (κ1) is 26.0. The predicted octanol–water partition coefficient (Wildman–Crippen LogP) is 6.33. The first-order chi connectivity index (χ1) is 15.6. The van der Waals surface area contributed by atoms with Gasteiger partial charge in [0.25, 0.3) is 0 Å². The van der Waals surface area contributed by atoms with Crippen molar-refractivity contribution in [3.63, 3.8) is 0 Å². The Kier molecular flexibility index (Phi) is 6.80. The van der Waals surface area contributed by atoms with E-state index in [1.165, 1.54) is 45.0 Å². The minimum atomic E-state index is -5.07. The average Bonchev–Trinajstić information content (AvgIpc) is 3.16. The van der Waals surface area contributed by atoms with Crippen molar-refractivity contribution in [2.75, 3.05) is 7.11 Å². The zero-order valence-electron chi connectivity index (χ0n) is 19.3. The Morgan fingerprint density at radius 1 is 0.912 bits per heavy atom. The van der Waals surface area contributed by atoms with Crippen LogP contribution < -0.4 is 5.32 Å². The van der Waals surface area contributed by atoms with Crippen LogP contribution in [0.15, 0.2) is 24.3 Å². The van der Waals surface area contributed by atoms with Gasteiger partial charge in [-0.15, -0.1) is 0 Å². The van der Waals surface area contributed by atoms with Gasteiger partial charge >= 0.3 is 18.3 Å². The molecule has 0 amide bonds. The van der Waals surface area contributed by atoms with Crippen molar-refractivity contribution in [1.82, 2.24) is 5.32 Å². The molecule has 2 aromatic carbocycles. The van der Waals surface area contributed by atoms with Crippen LogP contribution in [0.25, 0.3) is 11.1 Å². The number of carbonyl (C=O) groups is 1. The first-order valence-electron chi connectivity index (χ1n) is 10.5. The van der Waals surface area contributed by atoms with Gasteiger partial charge in [-0.2, -0.15) is 26.3 Å². The Morgan fingerprint density at radius 2 is 1.41 bits per heavy atom. The van der Waals surface area contributed by atoms with Crippen molar-refractivity contribution in [3.05, 3.63) is 57.6 Å². The quantitative estimate of drug-likeness (QED) is 0.403. The highest BCUT2D eigenvalue weighted by Gasteiger charge is 2.49. The van der Waals surface area contributed by atoms with E-state index in [9.17, 15) is 31.1 Å². The molecule has 0 saturated heterocycles. The molecule has 0 fully saturated rings. The molecule has 0 aliphatic carbocycles. The summed E-state index contributed by atoms with van der Waals surface area (Å²) in [5.74, 6) is -1.23. The third-order valence-electron chi connectivity index (χ3n) is 5.42. The van der Waals surface area contributed by atoms with E-state index in [0.29, 0.717) is 5.56 Å². The maximum absolute atomic E-state index is 14.5. The van der Waals surface area contributed by atoms with Gasteiger partial charge in [0.2, 0.25) is 0 Å². The van der Waals surface area contributed by atoms with Crippen molar-refractivity contribution < 1.29 is 40.6 Å². The second-order valence-electron chi connectivity index (χ2n) is 9.09. The minimum absolute atomic E-state index is 0.112. The molecule has 0 saturated carbocycles. The Morgan fingerprint density at radius 3 is 1.85 bits per heavy atom. The number of hydrogen-bond acceptors (Lipinski definition) is 4. The predicted molar refractivity (Wildman–Crippen MR) is 113 cm³/mol. The highest BCUT2D eigenvalue weighted by Crippen LogP contribution is 2.52. The van der Waals surface area contributed by atoms with Crippen LogP contribution in [0.3, 0.4) is 0 Å². The monoisotopic (exact) mass is 489 g/mol. The van der Waals surface area contributed by atoms with Crippen LogP contribution in [0.5, 0.6) is 0 Å². The van der Waals surface area contributed by atoms with Gasteiger partial charge in [-0.25, -0.2) is 4.79 Å². The minimum Gasteiger partial charge on any atom is -0.467 e. The summed E-state index contributed by atoms with van der Waals surface area (Å²) in [4.78, 5) is 12.8. The number of halogens is 6. The second-order valence-corrected chi connectivity index (χ2v) is 9.09. The highest BCUT2D eigenvalue weighted by molar-refractivity contribution is 5.85. The third kappa shape index (κ3) is 5.07. The van der Waals surface area contributed by atoms with Crippen LogP contribution >= 0.6 is 0 Å². The summed E-state index contributed by atoms with van der Waals surface area (Å²) >= 11 is 0. The Bertz CT molecular complexity index is 1080. The number of benzene rings is 2. The largest absolute Gasteiger partial charge is 0.467 e. The van der Waals surface area contributed by atoms with E-state index < -0.39 is 76.5 Å². The van der Waals surface area contributed by atoms with Gasteiger partial charge in [0.1, 0.15) is 0 Å². The molecular formula is C24H25F6NO3. The van der Waals surface area contributed by atoms with Crippen molar-refractivity contribution in [2.45, 2.75) is 64.8 Å².